The monoisotopic (exact) mass is 291 g/mol. The highest BCUT2D eigenvalue weighted by molar-refractivity contribution is 5.83. The van der Waals surface area contributed by atoms with Crippen molar-refractivity contribution in [2.24, 2.45) is 5.92 Å². The Hall–Kier alpha value is -1.88. The quantitative estimate of drug-likeness (QED) is 0.806. The van der Waals surface area contributed by atoms with Gasteiger partial charge < -0.3 is 15.2 Å². The first kappa shape index (κ1) is 15.5. The van der Waals surface area contributed by atoms with E-state index in [1.54, 1.807) is 0 Å². The molecule has 1 aromatic rings. The molecule has 0 aromatic heterocycles. The zero-order valence-electron chi connectivity index (χ0n) is 12.3. The molecule has 0 saturated heterocycles. The average Bonchev–Trinajstić information content (AvgIpc) is 3.18. The summed E-state index contributed by atoms with van der Waals surface area (Å²) >= 11 is 0. The molecule has 0 bridgehead atoms. The number of ether oxygens (including phenoxy) is 1. The number of amides is 1. The number of benzene rings is 1. The maximum absolute atomic E-state index is 12.2. The molecule has 0 heterocycles. The van der Waals surface area contributed by atoms with Crippen molar-refractivity contribution < 1.29 is 19.4 Å². The lowest BCUT2D eigenvalue weighted by molar-refractivity contribution is -0.137. The summed E-state index contributed by atoms with van der Waals surface area (Å²) in [4.78, 5) is 23.2. The fourth-order valence-corrected chi connectivity index (χ4v) is 2.52. The van der Waals surface area contributed by atoms with E-state index in [0.717, 1.165) is 11.1 Å². The Labute approximate surface area is 124 Å². The van der Waals surface area contributed by atoms with E-state index in [2.05, 4.69) is 5.32 Å². The Morgan fingerprint density at radius 3 is 2.76 bits per heavy atom. The summed E-state index contributed by atoms with van der Waals surface area (Å²) in [6.07, 6.45) is 0.577. The van der Waals surface area contributed by atoms with Crippen LogP contribution in [0.25, 0.3) is 0 Å². The van der Waals surface area contributed by atoms with Gasteiger partial charge in [0.05, 0.1) is 24.5 Å². The molecule has 0 aliphatic heterocycles. The zero-order valence-corrected chi connectivity index (χ0v) is 12.3. The number of carbonyl (C=O) groups excluding carboxylic acids is 1. The van der Waals surface area contributed by atoms with Crippen LogP contribution in [0.15, 0.2) is 24.3 Å². The third-order valence-electron chi connectivity index (χ3n) is 3.71. The van der Waals surface area contributed by atoms with Crippen molar-refractivity contribution in [3.05, 3.63) is 35.4 Å². The summed E-state index contributed by atoms with van der Waals surface area (Å²) in [6.45, 7) is 4.40. The van der Waals surface area contributed by atoms with Crippen molar-refractivity contribution in [3.8, 4) is 0 Å². The normalized spacial score (nSPS) is 21.6. The number of hydrogen-bond donors (Lipinski definition) is 2. The molecule has 1 aliphatic carbocycles. The van der Waals surface area contributed by atoms with E-state index in [-0.39, 0.29) is 24.3 Å². The molecule has 0 spiro atoms. The van der Waals surface area contributed by atoms with Gasteiger partial charge in [0, 0.05) is 6.61 Å². The van der Waals surface area contributed by atoms with Crippen molar-refractivity contribution in [1.29, 1.82) is 0 Å². The predicted octanol–water partition coefficient (Wildman–Crippen LogP) is 2.05. The largest absolute Gasteiger partial charge is 0.481 e. The van der Waals surface area contributed by atoms with Crippen molar-refractivity contribution in [3.63, 3.8) is 0 Å². The minimum absolute atomic E-state index is 0.0163. The number of aryl methyl sites for hydroxylation is 1. The summed E-state index contributed by atoms with van der Waals surface area (Å²) < 4.78 is 5.40. The first-order chi connectivity index (χ1) is 10.0. The molecule has 1 amide bonds. The van der Waals surface area contributed by atoms with E-state index in [9.17, 15) is 9.59 Å². The van der Waals surface area contributed by atoms with Crippen molar-refractivity contribution in [2.75, 3.05) is 6.61 Å². The zero-order chi connectivity index (χ0) is 15.4. The van der Waals surface area contributed by atoms with Crippen LogP contribution in [0.5, 0.6) is 0 Å². The van der Waals surface area contributed by atoms with Gasteiger partial charge >= 0.3 is 5.97 Å². The van der Waals surface area contributed by atoms with Gasteiger partial charge in [-0.15, -0.1) is 0 Å². The standard InChI is InChI=1S/C16H21NO4/c1-3-21-14-8-12(14)16(20)17-13(9-15(18)19)11-7-5-4-6-10(11)2/h4-7,12-14H,3,8-9H2,1-2H3,(H,17,20)(H,18,19)/t12-,13+,14+/m0/s1. The molecule has 5 nitrogen and oxygen atoms in total. The molecule has 21 heavy (non-hydrogen) atoms. The topological polar surface area (TPSA) is 75.6 Å². The van der Waals surface area contributed by atoms with Crippen molar-refractivity contribution in [1.82, 2.24) is 5.32 Å². The van der Waals surface area contributed by atoms with Gasteiger partial charge in [0.25, 0.3) is 0 Å². The first-order valence-corrected chi connectivity index (χ1v) is 7.22. The highest BCUT2D eigenvalue weighted by atomic mass is 16.5. The Morgan fingerprint density at radius 1 is 1.43 bits per heavy atom. The summed E-state index contributed by atoms with van der Waals surface area (Å²) in [6, 6.07) is 7.01. The van der Waals surface area contributed by atoms with E-state index >= 15 is 0 Å². The van der Waals surface area contributed by atoms with Crippen molar-refractivity contribution in [2.45, 2.75) is 38.8 Å². The number of rotatable bonds is 7. The molecule has 1 aromatic carbocycles. The highest BCUT2D eigenvalue weighted by Crippen LogP contribution is 2.34. The van der Waals surface area contributed by atoms with Crippen LogP contribution in [-0.2, 0) is 14.3 Å². The number of carbonyl (C=O) groups is 2. The van der Waals surface area contributed by atoms with Gasteiger partial charge in [0.1, 0.15) is 0 Å². The molecule has 2 N–H and O–H groups in total. The number of carboxylic acid groups (broad SMARTS) is 1. The summed E-state index contributed by atoms with van der Waals surface area (Å²) in [5.74, 6) is -1.20. The lowest BCUT2D eigenvalue weighted by atomic mass is 9.98. The summed E-state index contributed by atoms with van der Waals surface area (Å²) in [7, 11) is 0. The number of hydrogen-bond acceptors (Lipinski definition) is 3. The van der Waals surface area contributed by atoms with Gasteiger partial charge in [-0.25, -0.2) is 0 Å². The smallest absolute Gasteiger partial charge is 0.305 e. The van der Waals surface area contributed by atoms with Gasteiger partial charge in [-0.3, -0.25) is 9.59 Å². The summed E-state index contributed by atoms with van der Waals surface area (Å²) in [5, 5.41) is 11.9. The number of carboxylic acids is 1. The predicted molar refractivity (Wildman–Crippen MR) is 77.8 cm³/mol. The number of nitrogens with one attached hydrogen (secondary N) is 1. The van der Waals surface area contributed by atoms with Crippen LogP contribution in [-0.4, -0.2) is 29.7 Å². The SMILES string of the molecule is CCO[C@@H]1C[C@@H]1C(=O)N[C@H](CC(=O)O)c1ccccc1C. The number of aliphatic carboxylic acids is 1. The van der Waals surface area contributed by atoms with E-state index in [4.69, 9.17) is 9.84 Å². The molecule has 0 unspecified atom stereocenters. The van der Waals surface area contributed by atoms with Gasteiger partial charge in [-0.2, -0.15) is 0 Å². The third-order valence-corrected chi connectivity index (χ3v) is 3.71. The van der Waals surface area contributed by atoms with Gasteiger partial charge in [0.2, 0.25) is 5.91 Å². The van der Waals surface area contributed by atoms with Crippen LogP contribution in [0.1, 0.15) is 36.9 Å². The minimum Gasteiger partial charge on any atom is -0.481 e. The molecular formula is C16H21NO4. The Morgan fingerprint density at radius 2 is 2.14 bits per heavy atom. The lowest BCUT2D eigenvalue weighted by Crippen LogP contribution is -2.32. The van der Waals surface area contributed by atoms with Crippen LogP contribution < -0.4 is 5.32 Å². The van der Waals surface area contributed by atoms with Crippen LogP contribution in [0.2, 0.25) is 0 Å². The van der Waals surface area contributed by atoms with Crippen molar-refractivity contribution >= 4 is 11.9 Å². The molecule has 0 radical (unpaired) electrons. The molecule has 5 heteroatoms. The maximum atomic E-state index is 12.2. The lowest BCUT2D eigenvalue weighted by Gasteiger charge is -2.19. The van der Waals surface area contributed by atoms with Gasteiger partial charge in [-0.1, -0.05) is 24.3 Å². The van der Waals surface area contributed by atoms with E-state index in [1.165, 1.54) is 0 Å². The maximum Gasteiger partial charge on any atom is 0.305 e. The molecule has 2 rings (SSSR count). The molecular weight excluding hydrogens is 270 g/mol. The molecule has 1 aliphatic rings. The molecule has 114 valence electrons. The second kappa shape index (κ2) is 6.72. The van der Waals surface area contributed by atoms with E-state index in [0.29, 0.717) is 13.0 Å². The van der Waals surface area contributed by atoms with E-state index in [1.807, 2.05) is 38.1 Å². The second-order valence-electron chi connectivity index (χ2n) is 5.35. The highest BCUT2D eigenvalue weighted by Gasteiger charge is 2.44. The van der Waals surface area contributed by atoms with E-state index < -0.39 is 12.0 Å². The second-order valence-corrected chi connectivity index (χ2v) is 5.35. The van der Waals surface area contributed by atoms with Gasteiger partial charge in [-0.05, 0) is 31.4 Å². The first-order valence-electron chi connectivity index (χ1n) is 7.22. The van der Waals surface area contributed by atoms with Crippen LogP contribution in [0.3, 0.4) is 0 Å². The third kappa shape index (κ3) is 4.04. The van der Waals surface area contributed by atoms with Crippen LogP contribution in [0, 0.1) is 12.8 Å². The Bertz CT molecular complexity index is 529. The molecule has 1 fully saturated rings. The fourth-order valence-electron chi connectivity index (χ4n) is 2.52. The van der Waals surface area contributed by atoms with Gasteiger partial charge in [0.15, 0.2) is 0 Å². The Balaban J connectivity index is 2.06. The van der Waals surface area contributed by atoms with Crippen LogP contribution >= 0.6 is 0 Å². The van der Waals surface area contributed by atoms with Crippen LogP contribution in [0.4, 0.5) is 0 Å². The summed E-state index contributed by atoms with van der Waals surface area (Å²) in [5.41, 5.74) is 1.82. The molecule has 1 saturated carbocycles. The average molecular weight is 291 g/mol. The minimum atomic E-state index is -0.930. The fraction of sp³-hybridized carbons (Fsp3) is 0.500. The molecule has 3 atom stereocenters. The Kier molecular flexibility index (Phi) is 4.96.